The summed E-state index contributed by atoms with van der Waals surface area (Å²) in [5.74, 6) is 1.74. The molecule has 1 saturated heterocycles. The maximum atomic E-state index is 12.7. The summed E-state index contributed by atoms with van der Waals surface area (Å²) in [5.41, 5.74) is 0. The van der Waals surface area contributed by atoms with E-state index in [1.807, 2.05) is 4.90 Å². The summed E-state index contributed by atoms with van der Waals surface area (Å²) in [7, 11) is 1.80. The van der Waals surface area contributed by atoms with Gasteiger partial charge < -0.3 is 19.1 Å². The monoisotopic (exact) mass is 402 g/mol. The standard InChI is InChI=1S/C19H29F3N4O2/c1-4-13(2)7-26(18(27)28-17-11-24(3)12-23-17)10-16-14-8-25(9-15(14)16)6-5-19(20,21)22/h11-16H,4-10H2,1-3H3. The van der Waals surface area contributed by atoms with Gasteiger partial charge >= 0.3 is 12.3 Å². The van der Waals surface area contributed by atoms with E-state index in [0.717, 1.165) is 6.42 Å². The highest BCUT2D eigenvalue weighted by Crippen LogP contribution is 2.52. The lowest BCUT2D eigenvalue weighted by Gasteiger charge is -2.26. The zero-order valence-corrected chi connectivity index (χ0v) is 16.7. The van der Waals surface area contributed by atoms with Crippen LogP contribution in [0.1, 0.15) is 26.7 Å². The van der Waals surface area contributed by atoms with Crippen LogP contribution in [0.15, 0.2) is 12.5 Å². The highest BCUT2D eigenvalue weighted by Gasteiger charge is 2.56. The molecule has 0 radical (unpaired) electrons. The van der Waals surface area contributed by atoms with E-state index in [-0.39, 0.29) is 12.4 Å². The van der Waals surface area contributed by atoms with Crippen LogP contribution >= 0.6 is 0 Å². The molecule has 1 saturated carbocycles. The van der Waals surface area contributed by atoms with Crippen molar-refractivity contribution in [2.75, 3.05) is 32.7 Å². The Hall–Kier alpha value is -1.77. The van der Waals surface area contributed by atoms with Crippen LogP contribution in [0, 0.1) is 23.7 Å². The molecule has 1 aliphatic heterocycles. The molecule has 1 aromatic heterocycles. The maximum absolute atomic E-state index is 12.7. The SMILES string of the molecule is CCC(C)CN(CC1C2CN(CCC(F)(F)F)CC21)C(=O)Oc1cn(C)cn1. The number of hydrogen-bond acceptors (Lipinski definition) is 4. The summed E-state index contributed by atoms with van der Waals surface area (Å²) in [6.07, 6.45) is -1.09. The molecular weight excluding hydrogens is 373 g/mol. The van der Waals surface area contributed by atoms with Crippen LogP contribution < -0.4 is 4.74 Å². The fourth-order valence-corrected chi connectivity index (χ4v) is 4.05. The molecule has 3 atom stereocenters. The number of hydrogen-bond donors (Lipinski definition) is 0. The van der Waals surface area contributed by atoms with Crippen LogP contribution in [-0.2, 0) is 7.05 Å². The molecule has 3 unspecified atom stereocenters. The smallest absolute Gasteiger partial charge is 0.389 e. The van der Waals surface area contributed by atoms with Crippen molar-refractivity contribution >= 4 is 6.09 Å². The molecule has 0 bridgehead atoms. The van der Waals surface area contributed by atoms with Crippen molar-refractivity contribution in [1.82, 2.24) is 19.4 Å². The van der Waals surface area contributed by atoms with Gasteiger partial charge in [-0.3, -0.25) is 0 Å². The van der Waals surface area contributed by atoms with Gasteiger partial charge in [0.2, 0.25) is 5.88 Å². The Balaban J connectivity index is 1.51. The predicted molar refractivity (Wildman–Crippen MR) is 97.8 cm³/mol. The number of rotatable bonds is 8. The van der Waals surface area contributed by atoms with E-state index in [4.69, 9.17) is 4.74 Å². The summed E-state index contributed by atoms with van der Waals surface area (Å²) in [4.78, 5) is 20.3. The molecule has 2 aliphatic rings. The van der Waals surface area contributed by atoms with Gasteiger partial charge in [-0.05, 0) is 23.7 Å². The molecule has 6 nitrogen and oxygen atoms in total. The van der Waals surface area contributed by atoms with Crippen molar-refractivity contribution in [1.29, 1.82) is 0 Å². The second-order valence-corrected chi connectivity index (χ2v) is 8.28. The first-order chi connectivity index (χ1) is 13.2. The minimum Gasteiger partial charge on any atom is -0.389 e. The molecule has 0 spiro atoms. The van der Waals surface area contributed by atoms with E-state index < -0.39 is 18.7 Å². The van der Waals surface area contributed by atoms with E-state index in [0.29, 0.717) is 49.9 Å². The first-order valence-electron chi connectivity index (χ1n) is 9.90. The van der Waals surface area contributed by atoms with Crippen molar-refractivity contribution < 1.29 is 22.7 Å². The first kappa shape index (κ1) is 21.0. The van der Waals surface area contributed by atoms with E-state index in [9.17, 15) is 18.0 Å². The number of aryl methyl sites for hydroxylation is 1. The van der Waals surface area contributed by atoms with E-state index in [2.05, 4.69) is 18.8 Å². The molecule has 1 aliphatic carbocycles. The molecule has 0 aromatic carbocycles. The van der Waals surface area contributed by atoms with Gasteiger partial charge in [0.25, 0.3) is 0 Å². The number of ether oxygens (including phenoxy) is 1. The van der Waals surface area contributed by atoms with Crippen molar-refractivity contribution in [3.8, 4) is 5.88 Å². The molecule has 9 heteroatoms. The first-order valence-corrected chi connectivity index (χ1v) is 9.90. The number of halogens is 3. The molecule has 28 heavy (non-hydrogen) atoms. The lowest BCUT2D eigenvalue weighted by atomic mass is 10.1. The Kier molecular flexibility index (Phi) is 6.21. The van der Waals surface area contributed by atoms with Gasteiger partial charge in [-0.1, -0.05) is 20.3 Å². The van der Waals surface area contributed by atoms with Gasteiger partial charge in [-0.25, -0.2) is 9.78 Å². The molecule has 2 heterocycles. The Morgan fingerprint density at radius 2 is 2.07 bits per heavy atom. The molecule has 3 rings (SSSR count). The summed E-state index contributed by atoms with van der Waals surface area (Å²) in [5, 5.41) is 0. The number of alkyl halides is 3. The number of imidazole rings is 1. The van der Waals surface area contributed by atoms with Crippen LogP contribution in [-0.4, -0.2) is 64.3 Å². The molecular formula is C19H29F3N4O2. The largest absolute Gasteiger partial charge is 0.416 e. The van der Waals surface area contributed by atoms with Crippen LogP contribution in [0.5, 0.6) is 5.88 Å². The second-order valence-electron chi connectivity index (χ2n) is 8.28. The third-order valence-corrected chi connectivity index (χ3v) is 5.95. The number of carbonyl (C=O) groups is 1. The van der Waals surface area contributed by atoms with Crippen LogP contribution in [0.4, 0.5) is 18.0 Å². The average Bonchev–Trinajstić information content (AvgIpc) is 2.97. The summed E-state index contributed by atoms with van der Waals surface area (Å²) >= 11 is 0. The zero-order valence-electron chi connectivity index (χ0n) is 16.7. The van der Waals surface area contributed by atoms with Gasteiger partial charge in [0, 0.05) is 39.8 Å². The van der Waals surface area contributed by atoms with Gasteiger partial charge in [-0.2, -0.15) is 13.2 Å². The number of piperidine rings is 1. The Labute approximate surface area is 163 Å². The maximum Gasteiger partial charge on any atom is 0.416 e. The van der Waals surface area contributed by atoms with Crippen molar-refractivity contribution in [3.05, 3.63) is 12.5 Å². The lowest BCUT2D eigenvalue weighted by molar-refractivity contribution is -0.137. The summed E-state index contributed by atoms with van der Waals surface area (Å²) in [6.45, 7) is 6.83. The van der Waals surface area contributed by atoms with Gasteiger partial charge in [0.1, 0.15) is 0 Å². The van der Waals surface area contributed by atoms with Gasteiger partial charge in [-0.15, -0.1) is 0 Å². The van der Waals surface area contributed by atoms with Crippen molar-refractivity contribution in [2.24, 2.45) is 30.7 Å². The van der Waals surface area contributed by atoms with Crippen LogP contribution in [0.3, 0.4) is 0 Å². The Morgan fingerprint density at radius 3 is 2.61 bits per heavy atom. The lowest BCUT2D eigenvalue weighted by Crippen LogP contribution is -2.40. The van der Waals surface area contributed by atoms with Crippen LogP contribution in [0.2, 0.25) is 0 Å². The zero-order chi connectivity index (χ0) is 20.5. The van der Waals surface area contributed by atoms with Gasteiger partial charge in [0.15, 0.2) is 0 Å². The normalized spacial score (nSPS) is 25.4. The molecule has 1 amide bonds. The number of aromatic nitrogens is 2. The number of fused-ring (bicyclic) bond motifs is 1. The van der Waals surface area contributed by atoms with Crippen molar-refractivity contribution in [3.63, 3.8) is 0 Å². The third-order valence-electron chi connectivity index (χ3n) is 5.95. The van der Waals surface area contributed by atoms with E-state index in [1.165, 1.54) is 0 Å². The third kappa shape index (κ3) is 5.40. The molecule has 2 fully saturated rings. The van der Waals surface area contributed by atoms with E-state index >= 15 is 0 Å². The topological polar surface area (TPSA) is 50.6 Å². The predicted octanol–water partition coefficient (Wildman–Crippen LogP) is 3.40. The fraction of sp³-hybridized carbons (Fsp3) is 0.789. The molecule has 1 aromatic rings. The average molecular weight is 402 g/mol. The molecule has 158 valence electrons. The quantitative estimate of drug-likeness (QED) is 0.669. The number of likely N-dealkylation sites (tertiary alicyclic amines) is 1. The summed E-state index contributed by atoms with van der Waals surface area (Å²) < 4.78 is 44.3. The van der Waals surface area contributed by atoms with E-state index in [1.54, 1.807) is 29.0 Å². The number of carbonyl (C=O) groups excluding carboxylic acids is 1. The summed E-state index contributed by atoms with van der Waals surface area (Å²) in [6, 6.07) is 0. The highest BCUT2D eigenvalue weighted by molar-refractivity contribution is 5.70. The van der Waals surface area contributed by atoms with Crippen LogP contribution in [0.25, 0.3) is 0 Å². The Bertz CT molecular complexity index is 666. The Morgan fingerprint density at radius 1 is 1.39 bits per heavy atom. The number of nitrogens with zero attached hydrogens (tertiary/aromatic N) is 4. The van der Waals surface area contributed by atoms with Crippen molar-refractivity contribution in [2.45, 2.75) is 32.9 Å². The fourth-order valence-electron chi connectivity index (χ4n) is 4.05. The second kappa shape index (κ2) is 8.31. The minimum absolute atomic E-state index is 0.0710. The minimum atomic E-state index is -4.10. The highest BCUT2D eigenvalue weighted by atomic mass is 19.4. The molecule has 0 N–H and O–H groups in total. The number of amides is 1. The van der Waals surface area contributed by atoms with Gasteiger partial charge in [0.05, 0.1) is 18.9 Å².